The number of thiazole rings is 1. The van der Waals surface area contributed by atoms with Crippen molar-refractivity contribution in [1.29, 1.82) is 0 Å². The van der Waals surface area contributed by atoms with Crippen molar-refractivity contribution in [3.63, 3.8) is 0 Å². The molecule has 0 saturated carbocycles. The van der Waals surface area contributed by atoms with Crippen LogP contribution in [0.15, 0.2) is 15.9 Å². The minimum atomic E-state index is 0. The molecule has 0 N–H and O–H groups in total. The molecule has 1 aromatic rings. The molecule has 1 rings (SSSR count). The first kappa shape index (κ1) is 7.98. The molecule has 0 atom stereocenters. The van der Waals surface area contributed by atoms with Crippen molar-refractivity contribution in [1.82, 2.24) is 4.98 Å². The van der Waals surface area contributed by atoms with Gasteiger partial charge in [-0.05, 0) is 0 Å². The average Bonchev–Trinajstić information content (AvgIpc) is 1.86. The van der Waals surface area contributed by atoms with Crippen LogP contribution in [0.25, 0.3) is 0 Å². The molecular formula is C3H3NNaS2. The third-order valence-corrected chi connectivity index (χ3v) is 1.43. The number of nitrogens with zero attached hydrogens (tertiary/aromatic N) is 1. The Morgan fingerprint density at radius 1 is 1.71 bits per heavy atom. The van der Waals surface area contributed by atoms with Gasteiger partial charge < -0.3 is 0 Å². The smallest absolute Gasteiger partial charge is 0.0803 e. The van der Waals surface area contributed by atoms with Gasteiger partial charge in [0, 0.05) is 29.6 Å². The molecule has 4 heteroatoms. The Labute approximate surface area is 73.9 Å². The Morgan fingerprint density at radius 2 is 2.43 bits per heavy atom. The molecule has 1 aromatic heterocycles. The van der Waals surface area contributed by atoms with E-state index in [4.69, 9.17) is 0 Å². The molecule has 33 valence electrons. The zero-order valence-corrected chi connectivity index (χ0v) is 7.67. The second-order valence-electron chi connectivity index (χ2n) is 0.840. The molecule has 0 amide bonds. The van der Waals surface area contributed by atoms with Crippen molar-refractivity contribution in [3.8, 4) is 0 Å². The first-order chi connectivity index (χ1) is 2.89. The van der Waals surface area contributed by atoms with Gasteiger partial charge in [0.15, 0.2) is 0 Å². The zero-order valence-electron chi connectivity index (χ0n) is 3.96. The molecule has 0 unspecified atom stereocenters. The molecule has 1 nitrogen and oxygen atoms in total. The molecule has 0 saturated heterocycles. The van der Waals surface area contributed by atoms with Crippen LogP contribution < -0.4 is 0 Å². The van der Waals surface area contributed by atoms with Crippen molar-refractivity contribution < 1.29 is 0 Å². The Morgan fingerprint density at radius 3 is 2.57 bits per heavy atom. The zero-order chi connectivity index (χ0) is 4.41. The molecule has 0 aromatic carbocycles. The third-order valence-electron chi connectivity index (χ3n) is 0.419. The van der Waals surface area contributed by atoms with Gasteiger partial charge in [-0.1, -0.05) is 0 Å². The fourth-order valence-corrected chi connectivity index (χ4v) is 0.769. The predicted octanol–water partition coefficient (Wildman–Crippen LogP) is 1.05. The van der Waals surface area contributed by atoms with E-state index in [0.29, 0.717) is 0 Å². The van der Waals surface area contributed by atoms with E-state index in [1.54, 1.807) is 11.7 Å². The molecule has 0 aliphatic heterocycles. The fourth-order valence-electron chi connectivity index (χ4n) is 0.209. The summed E-state index contributed by atoms with van der Waals surface area (Å²) in [4.78, 5) is 3.76. The third kappa shape index (κ3) is 2.72. The van der Waals surface area contributed by atoms with Crippen molar-refractivity contribution in [2.45, 2.75) is 4.21 Å². The van der Waals surface area contributed by atoms with Crippen LogP contribution in [0.1, 0.15) is 0 Å². The molecule has 1 heterocycles. The van der Waals surface area contributed by atoms with Gasteiger partial charge in [-0.3, -0.25) is 4.98 Å². The summed E-state index contributed by atoms with van der Waals surface area (Å²) in [6, 6.07) is 0. The minimum Gasteiger partial charge on any atom is -0.252 e. The topological polar surface area (TPSA) is 12.9 Å². The van der Waals surface area contributed by atoms with E-state index in [0.717, 1.165) is 4.21 Å². The first-order valence-electron chi connectivity index (χ1n) is 1.47. The van der Waals surface area contributed by atoms with Gasteiger partial charge in [0.2, 0.25) is 0 Å². The van der Waals surface area contributed by atoms with E-state index in [2.05, 4.69) is 17.6 Å². The largest absolute Gasteiger partial charge is 0.252 e. The molecule has 1 radical (unpaired) electrons. The second kappa shape index (κ2) is 3.92. The van der Waals surface area contributed by atoms with Crippen LogP contribution in [0.5, 0.6) is 0 Å². The summed E-state index contributed by atoms with van der Waals surface area (Å²) in [7, 11) is 0. The quantitative estimate of drug-likeness (QED) is 0.420. The fraction of sp³-hybridized carbons (Fsp3) is 0. The Balaban J connectivity index is 0.000000360. The normalized spacial score (nSPS) is 7.57. The molecule has 0 aliphatic rings. The number of aromatic nitrogens is 1. The summed E-state index contributed by atoms with van der Waals surface area (Å²) in [6.45, 7) is 0. The predicted molar refractivity (Wildman–Crippen MR) is 35.1 cm³/mol. The van der Waals surface area contributed by atoms with Gasteiger partial charge in [-0.25, -0.2) is 0 Å². The van der Waals surface area contributed by atoms with Gasteiger partial charge in [-0.15, -0.1) is 24.0 Å². The van der Waals surface area contributed by atoms with Crippen LogP contribution in [0.2, 0.25) is 0 Å². The van der Waals surface area contributed by atoms with Crippen LogP contribution in [0.3, 0.4) is 0 Å². The Kier molecular flexibility index (Phi) is 4.47. The van der Waals surface area contributed by atoms with Crippen molar-refractivity contribution in [2.75, 3.05) is 0 Å². The molecule has 0 fully saturated rings. The summed E-state index contributed by atoms with van der Waals surface area (Å²) in [5.74, 6) is 0. The maximum atomic E-state index is 3.99. The van der Waals surface area contributed by atoms with E-state index < -0.39 is 0 Å². The number of hydrogen-bond donors (Lipinski definition) is 1. The van der Waals surface area contributed by atoms with Crippen LogP contribution in [0.4, 0.5) is 0 Å². The average molecular weight is 140 g/mol. The summed E-state index contributed by atoms with van der Waals surface area (Å²) in [6.07, 6.45) is 1.72. The van der Waals surface area contributed by atoms with Crippen molar-refractivity contribution in [2.24, 2.45) is 0 Å². The van der Waals surface area contributed by atoms with Gasteiger partial charge >= 0.3 is 0 Å². The molecule has 0 spiro atoms. The maximum Gasteiger partial charge on any atom is 0.0803 e. The number of rotatable bonds is 0. The summed E-state index contributed by atoms with van der Waals surface area (Å²) in [5.41, 5.74) is 1.75. The number of hydrogen-bond acceptors (Lipinski definition) is 3. The molecule has 0 bridgehead atoms. The maximum absolute atomic E-state index is 3.99. The van der Waals surface area contributed by atoms with E-state index in [1.807, 2.05) is 0 Å². The van der Waals surface area contributed by atoms with E-state index in [9.17, 15) is 0 Å². The van der Waals surface area contributed by atoms with Crippen LogP contribution in [-0.4, -0.2) is 34.5 Å². The second-order valence-corrected chi connectivity index (χ2v) is 2.51. The molecule has 0 aliphatic carbocycles. The van der Waals surface area contributed by atoms with Crippen molar-refractivity contribution >= 4 is 53.5 Å². The number of thiol groups is 1. The van der Waals surface area contributed by atoms with Crippen LogP contribution in [-0.2, 0) is 0 Å². The van der Waals surface area contributed by atoms with Gasteiger partial charge in [0.25, 0.3) is 0 Å². The van der Waals surface area contributed by atoms with Crippen LogP contribution in [0, 0.1) is 0 Å². The molecule has 7 heavy (non-hydrogen) atoms. The van der Waals surface area contributed by atoms with Gasteiger partial charge in [0.1, 0.15) is 0 Å². The summed E-state index contributed by atoms with van der Waals surface area (Å²) in [5, 5.41) is 0. The van der Waals surface area contributed by atoms with Crippen LogP contribution >= 0.6 is 24.0 Å². The monoisotopic (exact) mass is 140 g/mol. The first-order valence-corrected chi connectivity index (χ1v) is 2.80. The molecular weight excluding hydrogens is 137 g/mol. The Hall–Kier alpha value is 0.980. The standard InChI is InChI=1S/C3H3NS2.Na/c5-3-1-4-2-6-3;/h1-2,5H;. The summed E-state index contributed by atoms with van der Waals surface area (Å²) < 4.78 is 0.968. The van der Waals surface area contributed by atoms with Gasteiger partial charge in [-0.2, -0.15) is 0 Å². The van der Waals surface area contributed by atoms with Crippen molar-refractivity contribution in [3.05, 3.63) is 11.7 Å². The Bertz CT molecular complexity index is 116. The van der Waals surface area contributed by atoms with Gasteiger partial charge in [0.05, 0.1) is 15.9 Å². The van der Waals surface area contributed by atoms with E-state index in [-0.39, 0.29) is 29.6 Å². The van der Waals surface area contributed by atoms with E-state index in [1.165, 1.54) is 11.3 Å². The summed E-state index contributed by atoms with van der Waals surface area (Å²) >= 11 is 5.52. The van der Waals surface area contributed by atoms with E-state index >= 15 is 0 Å². The SMILES string of the molecule is Sc1cncs1.[Na]. The minimum absolute atomic E-state index is 0.